The number of rotatable bonds is 4. The second-order valence-electron chi connectivity index (χ2n) is 5.61. The molecular weight excluding hydrogens is 268 g/mol. The van der Waals surface area contributed by atoms with E-state index in [0.717, 1.165) is 31.2 Å². The van der Waals surface area contributed by atoms with Crippen molar-refractivity contribution in [1.29, 1.82) is 0 Å². The van der Waals surface area contributed by atoms with E-state index in [-0.39, 0.29) is 18.0 Å². The monoisotopic (exact) mass is 292 g/mol. The van der Waals surface area contributed by atoms with Gasteiger partial charge in [0.25, 0.3) is 5.91 Å². The van der Waals surface area contributed by atoms with Crippen LogP contribution in [0.1, 0.15) is 41.6 Å². The van der Waals surface area contributed by atoms with Gasteiger partial charge >= 0.3 is 0 Å². The van der Waals surface area contributed by atoms with E-state index in [1.54, 1.807) is 20.3 Å². The van der Waals surface area contributed by atoms with Crippen LogP contribution in [0.2, 0.25) is 0 Å². The fourth-order valence-corrected chi connectivity index (χ4v) is 2.75. The number of aryl methyl sites for hydroxylation is 1. The summed E-state index contributed by atoms with van der Waals surface area (Å²) in [6.07, 6.45) is 3.82. The van der Waals surface area contributed by atoms with Crippen molar-refractivity contribution in [2.24, 2.45) is 5.73 Å². The Morgan fingerprint density at radius 2 is 1.71 bits per heavy atom. The highest BCUT2D eigenvalue weighted by molar-refractivity contribution is 5.96. The van der Waals surface area contributed by atoms with E-state index >= 15 is 0 Å². The number of ether oxygens (including phenoxy) is 2. The van der Waals surface area contributed by atoms with E-state index in [1.165, 1.54) is 0 Å². The lowest BCUT2D eigenvalue weighted by Gasteiger charge is -2.27. The molecule has 1 amide bonds. The maximum Gasteiger partial charge on any atom is 0.251 e. The number of carbonyl (C=O) groups is 1. The molecule has 3 N–H and O–H groups in total. The van der Waals surface area contributed by atoms with E-state index in [9.17, 15) is 4.79 Å². The molecular formula is C16H24N2O3. The number of hydrogen-bond acceptors (Lipinski definition) is 4. The minimum Gasteiger partial charge on any atom is -0.493 e. The van der Waals surface area contributed by atoms with Crippen LogP contribution < -0.4 is 20.5 Å². The number of benzene rings is 1. The van der Waals surface area contributed by atoms with Crippen molar-refractivity contribution in [1.82, 2.24) is 5.32 Å². The van der Waals surface area contributed by atoms with Crippen LogP contribution in [0.15, 0.2) is 12.1 Å². The average Bonchev–Trinajstić information content (AvgIpc) is 2.49. The topological polar surface area (TPSA) is 73.6 Å². The molecule has 0 saturated heterocycles. The van der Waals surface area contributed by atoms with E-state index in [4.69, 9.17) is 15.2 Å². The summed E-state index contributed by atoms with van der Waals surface area (Å²) < 4.78 is 10.5. The quantitative estimate of drug-likeness (QED) is 0.890. The van der Waals surface area contributed by atoms with Crippen LogP contribution in [-0.4, -0.2) is 32.2 Å². The Labute approximate surface area is 125 Å². The Kier molecular flexibility index (Phi) is 5.07. The molecule has 0 aromatic heterocycles. The van der Waals surface area contributed by atoms with Crippen LogP contribution in [0.5, 0.6) is 11.5 Å². The van der Waals surface area contributed by atoms with Crippen LogP contribution >= 0.6 is 0 Å². The molecule has 0 aliphatic heterocycles. The Hall–Kier alpha value is -1.75. The van der Waals surface area contributed by atoms with Gasteiger partial charge in [0.2, 0.25) is 0 Å². The molecule has 0 unspecified atom stereocenters. The second kappa shape index (κ2) is 6.80. The SMILES string of the molecule is COc1cc(C)c(C(=O)NC2CCC(N)CC2)cc1OC. The first-order valence-electron chi connectivity index (χ1n) is 7.34. The fraction of sp³-hybridized carbons (Fsp3) is 0.562. The van der Waals surface area contributed by atoms with Gasteiger partial charge in [-0.25, -0.2) is 0 Å². The van der Waals surface area contributed by atoms with E-state index < -0.39 is 0 Å². The van der Waals surface area contributed by atoms with Gasteiger partial charge in [-0.1, -0.05) is 0 Å². The first-order valence-corrected chi connectivity index (χ1v) is 7.34. The van der Waals surface area contributed by atoms with Crippen LogP contribution in [0.4, 0.5) is 0 Å². The van der Waals surface area contributed by atoms with Gasteiger partial charge in [-0.15, -0.1) is 0 Å². The summed E-state index contributed by atoms with van der Waals surface area (Å²) in [4.78, 5) is 12.4. The highest BCUT2D eigenvalue weighted by Gasteiger charge is 2.22. The largest absolute Gasteiger partial charge is 0.493 e. The van der Waals surface area contributed by atoms with Gasteiger partial charge in [-0.2, -0.15) is 0 Å². The molecule has 21 heavy (non-hydrogen) atoms. The van der Waals surface area contributed by atoms with Gasteiger partial charge < -0.3 is 20.5 Å². The maximum atomic E-state index is 12.4. The zero-order valence-corrected chi connectivity index (χ0v) is 12.9. The van der Waals surface area contributed by atoms with Crippen molar-refractivity contribution in [3.05, 3.63) is 23.3 Å². The van der Waals surface area contributed by atoms with E-state index in [1.807, 2.05) is 13.0 Å². The van der Waals surface area contributed by atoms with Crippen molar-refractivity contribution >= 4 is 5.91 Å². The number of hydrogen-bond donors (Lipinski definition) is 2. The van der Waals surface area contributed by atoms with Gasteiger partial charge in [0.15, 0.2) is 11.5 Å². The third-order valence-corrected chi connectivity index (χ3v) is 4.08. The number of methoxy groups -OCH3 is 2. The molecule has 2 rings (SSSR count). The molecule has 1 fully saturated rings. The molecule has 5 heteroatoms. The lowest BCUT2D eigenvalue weighted by Crippen LogP contribution is -2.40. The third kappa shape index (κ3) is 3.67. The first-order chi connectivity index (χ1) is 10.0. The van der Waals surface area contributed by atoms with Gasteiger partial charge in [-0.05, 0) is 50.3 Å². The molecule has 1 aromatic rings. The molecule has 1 aliphatic rings. The van der Waals surface area contributed by atoms with Gasteiger partial charge in [0.05, 0.1) is 14.2 Å². The van der Waals surface area contributed by atoms with E-state index in [0.29, 0.717) is 17.1 Å². The second-order valence-corrected chi connectivity index (χ2v) is 5.61. The minimum atomic E-state index is -0.0612. The summed E-state index contributed by atoms with van der Waals surface area (Å²) in [7, 11) is 3.15. The highest BCUT2D eigenvalue weighted by atomic mass is 16.5. The predicted molar refractivity (Wildman–Crippen MR) is 82.0 cm³/mol. The van der Waals surface area contributed by atoms with Crippen molar-refractivity contribution < 1.29 is 14.3 Å². The van der Waals surface area contributed by atoms with Gasteiger partial charge in [0, 0.05) is 17.6 Å². The Bertz CT molecular complexity index is 508. The summed E-state index contributed by atoms with van der Waals surface area (Å²) in [5.41, 5.74) is 7.39. The summed E-state index contributed by atoms with van der Waals surface area (Å²) >= 11 is 0. The predicted octanol–water partition coefficient (Wildman–Crippen LogP) is 2.01. The van der Waals surface area contributed by atoms with Gasteiger partial charge in [-0.3, -0.25) is 4.79 Å². The standard InChI is InChI=1S/C16H24N2O3/c1-10-8-14(20-2)15(21-3)9-13(10)16(19)18-12-6-4-11(17)5-7-12/h8-9,11-12H,4-7,17H2,1-3H3,(H,18,19). The summed E-state index contributed by atoms with van der Waals surface area (Å²) in [6, 6.07) is 4.05. The third-order valence-electron chi connectivity index (χ3n) is 4.08. The Balaban J connectivity index is 2.11. The molecule has 5 nitrogen and oxygen atoms in total. The van der Waals surface area contributed by atoms with Crippen LogP contribution in [0.3, 0.4) is 0 Å². The number of nitrogens with two attached hydrogens (primary N) is 1. The zero-order chi connectivity index (χ0) is 15.4. The maximum absolute atomic E-state index is 12.4. The highest BCUT2D eigenvalue weighted by Crippen LogP contribution is 2.30. The lowest BCUT2D eigenvalue weighted by molar-refractivity contribution is 0.0925. The van der Waals surface area contributed by atoms with Crippen LogP contribution in [0, 0.1) is 6.92 Å². The molecule has 0 heterocycles. The summed E-state index contributed by atoms with van der Waals surface area (Å²) in [6.45, 7) is 1.90. The van der Waals surface area contributed by atoms with Crippen LogP contribution in [-0.2, 0) is 0 Å². The Morgan fingerprint density at radius 3 is 2.29 bits per heavy atom. The van der Waals surface area contributed by atoms with Crippen molar-refractivity contribution in [3.8, 4) is 11.5 Å². The normalized spacial score (nSPS) is 21.7. The van der Waals surface area contributed by atoms with Crippen molar-refractivity contribution in [3.63, 3.8) is 0 Å². The van der Waals surface area contributed by atoms with Crippen molar-refractivity contribution in [2.75, 3.05) is 14.2 Å². The molecule has 116 valence electrons. The molecule has 0 bridgehead atoms. The molecule has 0 radical (unpaired) electrons. The molecule has 1 aromatic carbocycles. The lowest BCUT2D eigenvalue weighted by atomic mass is 9.91. The van der Waals surface area contributed by atoms with E-state index in [2.05, 4.69) is 5.32 Å². The summed E-state index contributed by atoms with van der Waals surface area (Å²) in [5, 5.41) is 3.09. The zero-order valence-electron chi connectivity index (χ0n) is 12.9. The van der Waals surface area contributed by atoms with Gasteiger partial charge in [0.1, 0.15) is 0 Å². The number of amides is 1. The number of carbonyl (C=O) groups excluding carboxylic acids is 1. The molecule has 1 saturated carbocycles. The number of nitrogens with one attached hydrogen (secondary N) is 1. The molecule has 0 atom stereocenters. The molecule has 1 aliphatic carbocycles. The average molecular weight is 292 g/mol. The van der Waals surface area contributed by atoms with Crippen LogP contribution in [0.25, 0.3) is 0 Å². The summed E-state index contributed by atoms with van der Waals surface area (Å²) in [5.74, 6) is 1.14. The smallest absolute Gasteiger partial charge is 0.251 e. The van der Waals surface area contributed by atoms with Crippen molar-refractivity contribution in [2.45, 2.75) is 44.7 Å². The fourth-order valence-electron chi connectivity index (χ4n) is 2.75. The molecule has 0 spiro atoms. The first kappa shape index (κ1) is 15.6. The minimum absolute atomic E-state index is 0.0612. The Morgan fingerprint density at radius 1 is 1.14 bits per heavy atom.